The van der Waals surface area contributed by atoms with Gasteiger partial charge in [-0.1, -0.05) is 54.6 Å². The molecular formula is C14H11ClO2S. The molecule has 0 aliphatic rings. The molecule has 0 spiro atoms. The van der Waals surface area contributed by atoms with Gasteiger partial charge in [0.15, 0.2) is 0 Å². The van der Waals surface area contributed by atoms with Crippen molar-refractivity contribution in [1.82, 2.24) is 0 Å². The second-order valence-electron chi connectivity index (χ2n) is 3.75. The lowest BCUT2D eigenvalue weighted by Gasteiger charge is -1.97. The number of rotatable bonds is 3. The average molecular weight is 279 g/mol. The summed E-state index contributed by atoms with van der Waals surface area (Å²) < 4.78 is 22.1. The number of halogens is 1. The zero-order valence-corrected chi connectivity index (χ0v) is 11.0. The Hall–Kier alpha value is -1.58. The zero-order chi connectivity index (χ0) is 13.0. The van der Waals surface area contributed by atoms with Crippen molar-refractivity contribution in [3.05, 3.63) is 65.7 Å². The van der Waals surface area contributed by atoms with Gasteiger partial charge < -0.3 is 0 Å². The monoisotopic (exact) mass is 278 g/mol. The van der Waals surface area contributed by atoms with Crippen molar-refractivity contribution in [3.63, 3.8) is 0 Å². The van der Waals surface area contributed by atoms with Crippen LogP contribution in [-0.2, 0) is 9.05 Å². The first-order valence-corrected chi connectivity index (χ1v) is 7.64. The van der Waals surface area contributed by atoms with E-state index < -0.39 is 9.05 Å². The Kier molecular flexibility index (Phi) is 3.84. The van der Waals surface area contributed by atoms with Gasteiger partial charge in [-0.2, -0.15) is 0 Å². The van der Waals surface area contributed by atoms with Crippen LogP contribution in [0.5, 0.6) is 0 Å². The molecule has 2 nitrogen and oxygen atoms in total. The van der Waals surface area contributed by atoms with Crippen LogP contribution in [0.15, 0.2) is 59.5 Å². The van der Waals surface area contributed by atoms with Crippen molar-refractivity contribution in [3.8, 4) is 0 Å². The van der Waals surface area contributed by atoms with E-state index in [1.54, 1.807) is 12.1 Å². The smallest absolute Gasteiger partial charge is 0.207 e. The molecule has 0 bridgehead atoms. The molecule has 2 rings (SSSR count). The third-order valence-electron chi connectivity index (χ3n) is 2.43. The zero-order valence-electron chi connectivity index (χ0n) is 9.45. The Morgan fingerprint density at radius 2 is 1.28 bits per heavy atom. The highest BCUT2D eigenvalue weighted by Gasteiger charge is 2.07. The molecule has 18 heavy (non-hydrogen) atoms. The first kappa shape index (κ1) is 12.9. The van der Waals surface area contributed by atoms with Gasteiger partial charge in [-0.3, -0.25) is 0 Å². The molecule has 0 unspecified atom stereocenters. The maximum Gasteiger partial charge on any atom is 0.261 e. The number of benzene rings is 2. The van der Waals surface area contributed by atoms with Gasteiger partial charge >= 0.3 is 0 Å². The third-order valence-corrected chi connectivity index (χ3v) is 3.80. The van der Waals surface area contributed by atoms with Crippen molar-refractivity contribution in [2.45, 2.75) is 4.90 Å². The first-order valence-electron chi connectivity index (χ1n) is 5.33. The standard InChI is InChI=1S/C14H11ClO2S/c15-18(16,17)14-10-8-13(9-11-14)7-6-12-4-2-1-3-5-12/h1-11H/b7-6+. The third kappa shape index (κ3) is 3.45. The van der Waals surface area contributed by atoms with Gasteiger partial charge in [0.25, 0.3) is 9.05 Å². The molecule has 2 aromatic rings. The maximum atomic E-state index is 11.1. The molecule has 0 heterocycles. The topological polar surface area (TPSA) is 34.1 Å². The predicted molar refractivity (Wildman–Crippen MR) is 74.9 cm³/mol. The van der Waals surface area contributed by atoms with Crippen molar-refractivity contribution in [1.29, 1.82) is 0 Å². The van der Waals surface area contributed by atoms with Gasteiger partial charge in [-0.05, 0) is 23.3 Å². The molecule has 0 radical (unpaired) electrons. The second-order valence-corrected chi connectivity index (χ2v) is 6.32. The van der Waals surface area contributed by atoms with E-state index in [2.05, 4.69) is 0 Å². The lowest BCUT2D eigenvalue weighted by atomic mass is 10.1. The van der Waals surface area contributed by atoms with E-state index in [0.29, 0.717) is 0 Å². The Balaban J connectivity index is 2.19. The highest BCUT2D eigenvalue weighted by atomic mass is 35.7. The number of hydrogen-bond acceptors (Lipinski definition) is 2. The molecule has 0 atom stereocenters. The molecule has 0 saturated heterocycles. The highest BCUT2D eigenvalue weighted by molar-refractivity contribution is 8.13. The van der Waals surface area contributed by atoms with Gasteiger partial charge in [0.1, 0.15) is 0 Å². The van der Waals surface area contributed by atoms with Gasteiger partial charge in [-0.25, -0.2) is 8.42 Å². The fourth-order valence-corrected chi connectivity index (χ4v) is 2.27. The Morgan fingerprint density at radius 3 is 1.78 bits per heavy atom. The van der Waals surface area contributed by atoms with Crippen LogP contribution < -0.4 is 0 Å². The molecule has 4 heteroatoms. The summed E-state index contributed by atoms with van der Waals surface area (Å²) >= 11 is 0. The molecule has 2 aromatic carbocycles. The van der Waals surface area contributed by atoms with E-state index in [9.17, 15) is 8.42 Å². The Morgan fingerprint density at radius 1 is 0.778 bits per heavy atom. The summed E-state index contributed by atoms with van der Waals surface area (Å²) in [6.07, 6.45) is 3.88. The number of hydrogen-bond donors (Lipinski definition) is 0. The summed E-state index contributed by atoms with van der Waals surface area (Å²) in [6.45, 7) is 0. The summed E-state index contributed by atoms with van der Waals surface area (Å²) in [5.74, 6) is 0. The minimum absolute atomic E-state index is 0.112. The second kappa shape index (κ2) is 5.38. The summed E-state index contributed by atoms with van der Waals surface area (Å²) in [5.41, 5.74) is 2.01. The minimum Gasteiger partial charge on any atom is -0.207 e. The molecule has 0 amide bonds. The van der Waals surface area contributed by atoms with Crippen LogP contribution in [0.2, 0.25) is 0 Å². The van der Waals surface area contributed by atoms with Gasteiger partial charge in [0.05, 0.1) is 4.90 Å². The van der Waals surface area contributed by atoms with E-state index in [0.717, 1.165) is 11.1 Å². The van der Waals surface area contributed by atoms with E-state index in [4.69, 9.17) is 10.7 Å². The Bertz CT molecular complexity index is 644. The van der Waals surface area contributed by atoms with Gasteiger partial charge in [0.2, 0.25) is 0 Å². The van der Waals surface area contributed by atoms with Crippen LogP contribution in [0.4, 0.5) is 0 Å². The summed E-state index contributed by atoms with van der Waals surface area (Å²) in [4.78, 5) is 0.112. The van der Waals surface area contributed by atoms with Crippen LogP contribution in [0.3, 0.4) is 0 Å². The van der Waals surface area contributed by atoms with Crippen molar-refractivity contribution >= 4 is 31.9 Å². The maximum absolute atomic E-state index is 11.1. The largest absolute Gasteiger partial charge is 0.261 e. The molecule has 0 aliphatic carbocycles. The van der Waals surface area contributed by atoms with Crippen LogP contribution in [-0.4, -0.2) is 8.42 Å². The fraction of sp³-hybridized carbons (Fsp3) is 0. The molecule has 92 valence electrons. The fourth-order valence-electron chi connectivity index (χ4n) is 1.50. The van der Waals surface area contributed by atoms with Gasteiger partial charge in [-0.15, -0.1) is 0 Å². The SMILES string of the molecule is O=S(=O)(Cl)c1ccc(/C=C/c2ccccc2)cc1. The van der Waals surface area contributed by atoms with Gasteiger partial charge in [0, 0.05) is 10.7 Å². The van der Waals surface area contributed by atoms with Crippen LogP contribution in [0.1, 0.15) is 11.1 Å². The lowest BCUT2D eigenvalue weighted by molar-refractivity contribution is 0.609. The minimum atomic E-state index is -3.64. The molecule has 0 aromatic heterocycles. The van der Waals surface area contributed by atoms with E-state index in [1.807, 2.05) is 42.5 Å². The molecule has 0 N–H and O–H groups in total. The Labute approximate surface area is 111 Å². The predicted octanol–water partition coefficient (Wildman–Crippen LogP) is 3.78. The highest BCUT2D eigenvalue weighted by Crippen LogP contribution is 2.16. The van der Waals surface area contributed by atoms with Crippen LogP contribution in [0.25, 0.3) is 12.2 Å². The lowest BCUT2D eigenvalue weighted by Crippen LogP contribution is -1.89. The molecular weight excluding hydrogens is 268 g/mol. The van der Waals surface area contributed by atoms with Crippen LogP contribution >= 0.6 is 10.7 Å². The molecule has 0 fully saturated rings. The normalized spacial score (nSPS) is 11.8. The summed E-state index contributed by atoms with van der Waals surface area (Å²) in [7, 11) is 1.60. The summed E-state index contributed by atoms with van der Waals surface area (Å²) in [5, 5.41) is 0. The molecule has 0 saturated carbocycles. The van der Waals surface area contributed by atoms with E-state index in [1.165, 1.54) is 12.1 Å². The average Bonchev–Trinajstić information content (AvgIpc) is 2.37. The van der Waals surface area contributed by atoms with Crippen molar-refractivity contribution in [2.75, 3.05) is 0 Å². The first-order chi connectivity index (χ1) is 8.55. The summed E-state index contributed by atoms with van der Waals surface area (Å²) in [6, 6.07) is 16.3. The van der Waals surface area contributed by atoms with E-state index in [-0.39, 0.29) is 4.90 Å². The van der Waals surface area contributed by atoms with Crippen molar-refractivity contribution < 1.29 is 8.42 Å². The van der Waals surface area contributed by atoms with Crippen LogP contribution in [0, 0.1) is 0 Å². The quantitative estimate of drug-likeness (QED) is 0.632. The van der Waals surface area contributed by atoms with E-state index >= 15 is 0 Å². The van der Waals surface area contributed by atoms with Crippen molar-refractivity contribution in [2.24, 2.45) is 0 Å². The molecule has 0 aliphatic heterocycles.